The molecular weight excluding hydrogens is 332 g/mol. The molecule has 0 heterocycles. The topological polar surface area (TPSA) is 0 Å². The zero-order valence-electron chi connectivity index (χ0n) is 16.9. The third-order valence-electron chi connectivity index (χ3n) is 6.58. The number of hydrogen-bond donors (Lipinski definition) is 0. The highest BCUT2D eigenvalue weighted by Crippen LogP contribution is 2.72. The van der Waals surface area contributed by atoms with Gasteiger partial charge in [0.05, 0.1) is 0 Å². The fraction of sp³-hybridized carbons (Fsp3) is 0.360. The maximum Gasteiger partial charge on any atom is 0.0393 e. The Hall–Kier alpha value is -1.73. The number of benzene rings is 2. The van der Waals surface area contributed by atoms with Crippen LogP contribution in [0.1, 0.15) is 67.5 Å². The highest BCUT2D eigenvalue weighted by atomic mass is 32.3. The Kier molecular flexibility index (Phi) is 4.19. The molecule has 4 rings (SSSR count). The Morgan fingerprint density at radius 2 is 1.35 bits per heavy atom. The molecule has 1 heteroatoms. The van der Waals surface area contributed by atoms with E-state index < -0.39 is 10.0 Å². The quantitative estimate of drug-likeness (QED) is 0.529. The zero-order chi connectivity index (χ0) is 18.6. The molecule has 0 aromatic heterocycles. The third-order valence-corrected chi connectivity index (χ3v) is 10.1. The Morgan fingerprint density at radius 1 is 0.808 bits per heavy atom. The number of allylic oxidation sites excluding steroid dienone is 3. The molecule has 2 aromatic carbocycles. The maximum atomic E-state index is 2.56. The first-order chi connectivity index (χ1) is 12.4. The van der Waals surface area contributed by atoms with Gasteiger partial charge in [-0.05, 0) is 71.1 Å². The fourth-order valence-corrected chi connectivity index (χ4v) is 9.63. The van der Waals surface area contributed by atoms with Crippen LogP contribution >= 0.6 is 10.0 Å². The Balaban J connectivity index is 1.90. The van der Waals surface area contributed by atoms with E-state index in [9.17, 15) is 0 Å². The largest absolute Gasteiger partial charge is 0.212 e. The molecule has 0 radical (unpaired) electrons. The van der Waals surface area contributed by atoms with Crippen LogP contribution < -0.4 is 0 Å². The van der Waals surface area contributed by atoms with Gasteiger partial charge in [-0.1, -0.05) is 68.0 Å². The minimum Gasteiger partial charge on any atom is -0.212 e. The first-order valence-corrected chi connectivity index (χ1v) is 12.2. The summed E-state index contributed by atoms with van der Waals surface area (Å²) in [4.78, 5) is 1.71. The summed E-state index contributed by atoms with van der Waals surface area (Å²) in [7, 11) is -0.990. The standard InChI is InChI=1S/C25H30S/c1-7-19-16(2)20-12-10-11-15-23(20)25(19)26(5,6)24-17(3)21-13-8-9-14-22(21)18(24)4/h8-15,17,25H,7H2,1-6H3. The molecule has 0 fully saturated rings. The van der Waals surface area contributed by atoms with Crippen LogP contribution in [0.25, 0.3) is 11.1 Å². The van der Waals surface area contributed by atoms with E-state index in [2.05, 4.69) is 88.7 Å². The second kappa shape index (κ2) is 6.16. The predicted octanol–water partition coefficient (Wildman–Crippen LogP) is 7.54. The Bertz CT molecular complexity index is 942. The summed E-state index contributed by atoms with van der Waals surface area (Å²) in [5.41, 5.74) is 10.8. The van der Waals surface area contributed by atoms with Gasteiger partial charge < -0.3 is 0 Å². The van der Waals surface area contributed by atoms with E-state index in [4.69, 9.17) is 0 Å². The molecule has 0 N–H and O–H groups in total. The van der Waals surface area contributed by atoms with E-state index in [1.807, 2.05) is 0 Å². The van der Waals surface area contributed by atoms with Crippen LogP contribution in [0.2, 0.25) is 0 Å². The highest BCUT2D eigenvalue weighted by Gasteiger charge is 2.42. The molecule has 0 saturated heterocycles. The molecule has 2 unspecified atom stereocenters. The lowest BCUT2D eigenvalue weighted by Gasteiger charge is -2.44. The van der Waals surface area contributed by atoms with Gasteiger partial charge in [-0.15, -0.1) is 0 Å². The van der Waals surface area contributed by atoms with Crippen LogP contribution in [-0.4, -0.2) is 12.5 Å². The molecular formula is C25H30S. The van der Waals surface area contributed by atoms with Gasteiger partial charge in [0.2, 0.25) is 0 Å². The van der Waals surface area contributed by atoms with Crippen molar-refractivity contribution >= 4 is 21.2 Å². The smallest absolute Gasteiger partial charge is 0.0393 e. The van der Waals surface area contributed by atoms with E-state index in [1.54, 1.807) is 16.0 Å². The number of fused-ring (bicyclic) bond motifs is 2. The summed E-state index contributed by atoms with van der Waals surface area (Å²) in [6.45, 7) is 9.44. The molecule has 2 atom stereocenters. The lowest BCUT2D eigenvalue weighted by molar-refractivity contribution is 0.956. The van der Waals surface area contributed by atoms with E-state index in [0.717, 1.165) is 6.42 Å². The van der Waals surface area contributed by atoms with E-state index >= 15 is 0 Å². The molecule has 2 aromatic rings. The second-order valence-corrected chi connectivity index (χ2v) is 11.9. The molecule has 2 aliphatic rings. The first-order valence-electron chi connectivity index (χ1n) is 9.70. The highest BCUT2D eigenvalue weighted by molar-refractivity contribution is 8.36. The number of hydrogen-bond acceptors (Lipinski definition) is 0. The summed E-state index contributed by atoms with van der Waals surface area (Å²) in [6, 6.07) is 18.1. The molecule has 0 bridgehead atoms. The average Bonchev–Trinajstić information content (AvgIpc) is 3.08. The SMILES string of the molecule is CCC1=C(C)c2ccccc2C1S(C)(C)C1=C(C)c2ccccc2C1C. The van der Waals surface area contributed by atoms with Crippen molar-refractivity contribution in [3.8, 4) is 0 Å². The monoisotopic (exact) mass is 362 g/mol. The summed E-state index contributed by atoms with van der Waals surface area (Å²) in [5.74, 6) is 0.530. The lowest BCUT2D eigenvalue weighted by Crippen LogP contribution is -2.14. The van der Waals surface area contributed by atoms with Gasteiger partial charge in [0.1, 0.15) is 0 Å². The normalized spacial score (nSPS) is 22.7. The predicted molar refractivity (Wildman–Crippen MR) is 119 cm³/mol. The van der Waals surface area contributed by atoms with Crippen LogP contribution in [-0.2, 0) is 0 Å². The number of rotatable bonds is 3. The van der Waals surface area contributed by atoms with Crippen molar-refractivity contribution in [3.05, 3.63) is 81.3 Å². The zero-order valence-corrected chi connectivity index (χ0v) is 17.7. The molecule has 0 amide bonds. The fourth-order valence-electron chi connectivity index (χ4n) is 5.54. The first kappa shape index (κ1) is 17.7. The van der Waals surface area contributed by atoms with Crippen molar-refractivity contribution in [1.29, 1.82) is 0 Å². The van der Waals surface area contributed by atoms with Gasteiger partial charge >= 0.3 is 0 Å². The summed E-state index contributed by atoms with van der Waals surface area (Å²) < 4.78 is 0. The van der Waals surface area contributed by atoms with Crippen molar-refractivity contribution < 1.29 is 0 Å². The minimum absolute atomic E-state index is 0.530. The molecule has 0 nitrogen and oxygen atoms in total. The van der Waals surface area contributed by atoms with Crippen molar-refractivity contribution in [2.45, 2.75) is 45.3 Å². The van der Waals surface area contributed by atoms with E-state index in [0.29, 0.717) is 11.2 Å². The van der Waals surface area contributed by atoms with E-state index in [-0.39, 0.29) is 0 Å². The van der Waals surface area contributed by atoms with Crippen LogP contribution in [0.3, 0.4) is 0 Å². The molecule has 136 valence electrons. The van der Waals surface area contributed by atoms with E-state index in [1.165, 1.54) is 27.8 Å². The van der Waals surface area contributed by atoms with Gasteiger partial charge in [-0.2, -0.15) is 0 Å². The average molecular weight is 363 g/mol. The maximum absolute atomic E-state index is 2.56. The Labute approximate surface area is 160 Å². The van der Waals surface area contributed by atoms with Gasteiger partial charge in [-0.3, -0.25) is 0 Å². The van der Waals surface area contributed by atoms with Gasteiger partial charge in [0, 0.05) is 11.2 Å². The summed E-state index contributed by atoms with van der Waals surface area (Å²) in [6.07, 6.45) is 6.27. The van der Waals surface area contributed by atoms with Crippen molar-refractivity contribution in [3.63, 3.8) is 0 Å². The minimum atomic E-state index is -0.990. The lowest BCUT2D eigenvalue weighted by atomic mass is 10.0. The van der Waals surface area contributed by atoms with Crippen LogP contribution in [0.4, 0.5) is 0 Å². The molecule has 0 aliphatic heterocycles. The molecule has 26 heavy (non-hydrogen) atoms. The third kappa shape index (κ3) is 2.29. The second-order valence-electron chi connectivity index (χ2n) is 8.18. The van der Waals surface area contributed by atoms with Crippen molar-refractivity contribution in [2.75, 3.05) is 12.5 Å². The van der Waals surface area contributed by atoms with Crippen molar-refractivity contribution in [2.24, 2.45) is 0 Å². The molecule has 0 spiro atoms. The summed E-state index contributed by atoms with van der Waals surface area (Å²) in [5, 5.41) is 0.561. The molecule has 2 aliphatic carbocycles. The van der Waals surface area contributed by atoms with Crippen molar-refractivity contribution in [1.82, 2.24) is 0 Å². The van der Waals surface area contributed by atoms with Crippen LogP contribution in [0.15, 0.2) is 59.0 Å². The van der Waals surface area contributed by atoms with Gasteiger partial charge in [0.25, 0.3) is 0 Å². The van der Waals surface area contributed by atoms with Crippen LogP contribution in [0.5, 0.6) is 0 Å². The Morgan fingerprint density at radius 3 is 1.92 bits per heavy atom. The van der Waals surface area contributed by atoms with Crippen LogP contribution in [0, 0.1) is 0 Å². The molecule has 0 saturated carbocycles. The summed E-state index contributed by atoms with van der Waals surface area (Å²) >= 11 is 0. The van der Waals surface area contributed by atoms with Gasteiger partial charge in [-0.25, -0.2) is 10.0 Å². The van der Waals surface area contributed by atoms with Gasteiger partial charge in [0.15, 0.2) is 0 Å².